The molecule has 3 aliphatic rings. The maximum absolute atomic E-state index is 10.6. The molecule has 0 amide bonds. The van der Waals surface area contributed by atoms with Crippen molar-refractivity contribution >= 4 is 0 Å². The monoisotopic (exact) mass is 307 g/mol. The van der Waals surface area contributed by atoms with Crippen molar-refractivity contribution in [2.24, 2.45) is 5.92 Å². The topological polar surface area (TPSA) is 23.5 Å². The smallest absolute Gasteiger partial charge is 0.104 e. The summed E-state index contributed by atoms with van der Waals surface area (Å²) < 4.78 is 0. The average Bonchev–Trinajstić information content (AvgIpc) is 2.63. The second-order valence-electron chi connectivity index (χ2n) is 7.13. The third-order valence-electron chi connectivity index (χ3n) is 5.62. The molecular weight excluding hydrogens is 282 g/mol. The first kappa shape index (κ1) is 14.9. The van der Waals surface area contributed by atoms with E-state index in [0.717, 1.165) is 23.5 Å². The lowest BCUT2D eigenvalue weighted by Crippen LogP contribution is -2.49. The highest BCUT2D eigenvalue weighted by atomic mass is 16.3. The Balaban J connectivity index is 1.50. The van der Waals surface area contributed by atoms with Gasteiger partial charge < -0.3 is 10.0 Å². The Bertz CT molecular complexity index is 646. The maximum Gasteiger partial charge on any atom is 0.104 e. The fourth-order valence-corrected chi connectivity index (χ4v) is 4.29. The van der Waals surface area contributed by atoms with Crippen molar-refractivity contribution in [1.29, 1.82) is 0 Å². The molecule has 1 N–H and O–H groups in total. The van der Waals surface area contributed by atoms with Gasteiger partial charge in [-0.15, -0.1) is 0 Å². The largest absolute Gasteiger partial charge is 0.384 e. The van der Waals surface area contributed by atoms with E-state index in [1.165, 1.54) is 37.9 Å². The van der Waals surface area contributed by atoms with Gasteiger partial charge in [-0.05, 0) is 61.4 Å². The van der Waals surface area contributed by atoms with E-state index < -0.39 is 6.10 Å². The Morgan fingerprint density at radius 2 is 1.70 bits per heavy atom. The molecule has 0 spiro atoms. The van der Waals surface area contributed by atoms with Gasteiger partial charge in [0.25, 0.3) is 0 Å². The zero-order chi connectivity index (χ0) is 15.6. The zero-order valence-corrected chi connectivity index (χ0v) is 13.6. The van der Waals surface area contributed by atoms with E-state index in [9.17, 15) is 5.11 Å². The van der Waals surface area contributed by atoms with Crippen LogP contribution in [0.5, 0.6) is 0 Å². The van der Waals surface area contributed by atoms with Crippen molar-refractivity contribution in [2.75, 3.05) is 13.1 Å². The SMILES string of the molecule is OC(c1ccccc1)c1cccc(CC2CC3CCN2CC3)c1. The molecule has 0 aliphatic carbocycles. The van der Waals surface area contributed by atoms with Crippen LogP contribution in [0, 0.1) is 5.92 Å². The van der Waals surface area contributed by atoms with Crippen LogP contribution in [-0.4, -0.2) is 29.1 Å². The number of nitrogens with zero attached hydrogens (tertiary/aromatic N) is 1. The quantitative estimate of drug-likeness (QED) is 0.929. The minimum Gasteiger partial charge on any atom is -0.384 e. The summed E-state index contributed by atoms with van der Waals surface area (Å²) in [5, 5.41) is 10.6. The lowest BCUT2D eigenvalue weighted by molar-refractivity contribution is 0.0498. The van der Waals surface area contributed by atoms with Gasteiger partial charge in [-0.1, -0.05) is 54.6 Å². The van der Waals surface area contributed by atoms with Crippen molar-refractivity contribution in [3.8, 4) is 0 Å². The van der Waals surface area contributed by atoms with Gasteiger partial charge in [0.05, 0.1) is 0 Å². The molecule has 2 unspecified atom stereocenters. The number of aliphatic hydroxyl groups excluding tert-OH is 1. The fourth-order valence-electron chi connectivity index (χ4n) is 4.29. The summed E-state index contributed by atoms with van der Waals surface area (Å²) in [5.41, 5.74) is 3.32. The molecule has 0 radical (unpaired) electrons. The van der Waals surface area contributed by atoms with E-state index in [1.54, 1.807) is 0 Å². The summed E-state index contributed by atoms with van der Waals surface area (Å²) in [6.45, 7) is 2.56. The van der Waals surface area contributed by atoms with Crippen molar-refractivity contribution in [3.63, 3.8) is 0 Å². The molecule has 0 saturated carbocycles. The van der Waals surface area contributed by atoms with Crippen LogP contribution >= 0.6 is 0 Å². The molecule has 2 aromatic carbocycles. The summed E-state index contributed by atoms with van der Waals surface area (Å²) in [6.07, 6.45) is 4.73. The predicted molar refractivity (Wildman–Crippen MR) is 93.4 cm³/mol. The minimum atomic E-state index is -0.528. The zero-order valence-electron chi connectivity index (χ0n) is 13.6. The van der Waals surface area contributed by atoms with E-state index in [2.05, 4.69) is 23.1 Å². The molecule has 2 heteroatoms. The van der Waals surface area contributed by atoms with E-state index in [4.69, 9.17) is 0 Å². The molecule has 3 saturated heterocycles. The lowest BCUT2D eigenvalue weighted by atomic mass is 9.81. The van der Waals surface area contributed by atoms with Gasteiger partial charge in [-0.3, -0.25) is 0 Å². The molecule has 0 aromatic heterocycles. The Kier molecular flexibility index (Phi) is 4.19. The van der Waals surface area contributed by atoms with Gasteiger partial charge in [0.15, 0.2) is 0 Å². The first-order chi connectivity index (χ1) is 11.3. The predicted octanol–water partition coefficient (Wildman–Crippen LogP) is 3.80. The third-order valence-corrected chi connectivity index (χ3v) is 5.62. The Hall–Kier alpha value is -1.64. The molecule has 23 heavy (non-hydrogen) atoms. The number of hydrogen-bond donors (Lipinski definition) is 1. The Labute approximate surface area is 138 Å². The molecule has 3 fully saturated rings. The highest BCUT2D eigenvalue weighted by molar-refractivity contribution is 5.33. The number of benzene rings is 2. The first-order valence-electron chi connectivity index (χ1n) is 8.85. The van der Waals surface area contributed by atoms with E-state index in [-0.39, 0.29) is 0 Å². The third kappa shape index (κ3) is 3.19. The van der Waals surface area contributed by atoms with Crippen LogP contribution in [0.15, 0.2) is 54.6 Å². The molecular formula is C21H25NO. The van der Waals surface area contributed by atoms with E-state index >= 15 is 0 Å². The van der Waals surface area contributed by atoms with Crippen molar-refractivity contribution < 1.29 is 5.11 Å². The summed E-state index contributed by atoms with van der Waals surface area (Å²) in [4.78, 5) is 2.67. The number of fused-ring (bicyclic) bond motifs is 3. The molecule has 2 nitrogen and oxygen atoms in total. The minimum absolute atomic E-state index is 0.528. The highest BCUT2D eigenvalue weighted by Gasteiger charge is 2.33. The maximum atomic E-state index is 10.6. The van der Waals surface area contributed by atoms with Gasteiger partial charge in [0.1, 0.15) is 6.10 Å². The van der Waals surface area contributed by atoms with Crippen LogP contribution < -0.4 is 0 Å². The number of piperidine rings is 3. The summed E-state index contributed by atoms with van der Waals surface area (Å²) in [7, 11) is 0. The average molecular weight is 307 g/mol. The van der Waals surface area contributed by atoms with Gasteiger partial charge in [0.2, 0.25) is 0 Å². The van der Waals surface area contributed by atoms with E-state index in [1.807, 2.05) is 36.4 Å². The van der Waals surface area contributed by atoms with Crippen LogP contribution in [0.3, 0.4) is 0 Å². The number of rotatable bonds is 4. The lowest BCUT2D eigenvalue weighted by Gasteiger charge is -2.45. The van der Waals surface area contributed by atoms with Crippen LogP contribution in [0.2, 0.25) is 0 Å². The molecule has 3 aliphatic heterocycles. The molecule has 2 aromatic rings. The highest BCUT2D eigenvalue weighted by Crippen LogP contribution is 2.33. The van der Waals surface area contributed by atoms with Crippen LogP contribution in [0.4, 0.5) is 0 Å². The fraction of sp³-hybridized carbons (Fsp3) is 0.429. The molecule has 2 bridgehead atoms. The molecule has 120 valence electrons. The molecule has 3 heterocycles. The van der Waals surface area contributed by atoms with Gasteiger partial charge in [-0.25, -0.2) is 0 Å². The molecule has 2 atom stereocenters. The second kappa shape index (κ2) is 6.46. The second-order valence-corrected chi connectivity index (χ2v) is 7.13. The Morgan fingerprint density at radius 1 is 0.957 bits per heavy atom. The first-order valence-corrected chi connectivity index (χ1v) is 8.85. The van der Waals surface area contributed by atoms with Crippen LogP contribution in [0.1, 0.15) is 42.1 Å². The van der Waals surface area contributed by atoms with Crippen LogP contribution in [-0.2, 0) is 6.42 Å². The summed E-state index contributed by atoms with van der Waals surface area (Å²) >= 11 is 0. The summed E-state index contributed by atoms with van der Waals surface area (Å²) in [5.74, 6) is 0.947. The normalized spacial score (nSPS) is 27.8. The van der Waals surface area contributed by atoms with Gasteiger partial charge in [-0.2, -0.15) is 0 Å². The van der Waals surface area contributed by atoms with E-state index in [0.29, 0.717) is 6.04 Å². The summed E-state index contributed by atoms with van der Waals surface area (Å²) in [6, 6.07) is 19.2. The van der Waals surface area contributed by atoms with Crippen molar-refractivity contribution in [3.05, 3.63) is 71.3 Å². The molecule has 5 rings (SSSR count). The number of hydrogen-bond acceptors (Lipinski definition) is 2. The van der Waals surface area contributed by atoms with Crippen molar-refractivity contribution in [1.82, 2.24) is 4.90 Å². The Morgan fingerprint density at radius 3 is 2.39 bits per heavy atom. The van der Waals surface area contributed by atoms with Crippen molar-refractivity contribution in [2.45, 2.75) is 37.8 Å². The van der Waals surface area contributed by atoms with Gasteiger partial charge >= 0.3 is 0 Å². The van der Waals surface area contributed by atoms with Crippen LogP contribution in [0.25, 0.3) is 0 Å². The number of aliphatic hydroxyl groups is 1. The van der Waals surface area contributed by atoms with Gasteiger partial charge in [0, 0.05) is 6.04 Å². The standard InChI is InChI=1S/C21H25NO/c23-21(18-6-2-1-3-7-18)19-8-4-5-17(13-19)15-20-14-16-9-11-22(20)12-10-16/h1-8,13,16,20-21,23H,9-12,14-15H2.